The Bertz CT molecular complexity index is 554. The van der Waals surface area contributed by atoms with Crippen molar-refractivity contribution < 1.29 is 24.0 Å². The van der Waals surface area contributed by atoms with Crippen molar-refractivity contribution >= 4 is 52.4 Å². The number of aromatic amines is 1. The normalized spacial score (nSPS) is 10.3. The van der Waals surface area contributed by atoms with Crippen molar-refractivity contribution in [2.75, 3.05) is 32.6 Å². The number of amides is 1. The number of nitrogens with one attached hydrogen (secondary N) is 2. The molecule has 4 N–H and O–H groups in total. The summed E-state index contributed by atoms with van der Waals surface area (Å²) < 4.78 is 9.54. The number of nitrogens with two attached hydrogens (primary N) is 1. The summed E-state index contributed by atoms with van der Waals surface area (Å²) in [4.78, 5) is 25.6. The molecule has 116 valence electrons. The molecule has 0 radical (unpaired) electrons. The summed E-state index contributed by atoms with van der Waals surface area (Å²) >= 11 is 17.4. The molecule has 0 bridgehead atoms. The largest absolute Gasteiger partial charge is 0.448 e. The zero-order valence-electron chi connectivity index (χ0n) is 11.0. The first-order chi connectivity index (χ1) is 9.88. The minimum absolute atomic E-state index is 0.00414. The molecule has 0 aromatic carbocycles. The second kappa shape index (κ2) is 8.23. The maximum atomic E-state index is 11.8. The zero-order valence-corrected chi connectivity index (χ0v) is 13.2. The third-order valence-electron chi connectivity index (χ3n) is 2.29. The average molecular weight is 358 g/mol. The lowest BCUT2D eigenvalue weighted by Gasteiger charge is -2.06. The van der Waals surface area contributed by atoms with Crippen LogP contribution in [0.3, 0.4) is 0 Å². The first-order valence-corrected chi connectivity index (χ1v) is 6.79. The molecule has 10 heteroatoms. The molecule has 0 spiro atoms. The van der Waals surface area contributed by atoms with Crippen LogP contribution < -0.4 is 16.0 Å². The van der Waals surface area contributed by atoms with Gasteiger partial charge in [0.1, 0.15) is 10.0 Å². The summed E-state index contributed by atoms with van der Waals surface area (Å²) in [7, 11) is 1.50. The highest BCUT2D eigenvalue weighted by molar-refractivity contribution is 6.45. The van der Waals surface area contributed by atoms with E-state index < -0.39 is 18.5 Å². The zero-order chi connectivity index (χ0) is 16.0. The number of nitrogen functional groups attached to an aromatic ring is 1. The fraction of sp³-hybridized carbons (Fsp3) is 0.364. The summed E-state index contributed by atoms with van der Waals surface area (Å²) in [5.74, 6) is -1.36. The first-order valence-electron chi connectivity index (χ1n) is 5.66. The number of carbonyl (C=O) groups is 2. The van der Waals surface area contributed by atoms with Crippen molar-refractivity contribution in [3.63, 3.8) is 0 Å². The van der Waals surface area contributed by atoms with Gasteiger partial charge in [-0.25, -0.2) is 4.79 Å². The Labute approximate surface area is 135 Å². The van der Waals surface area contributed by atoms with E-state index in [9.17, 15) is 9.59 Å². The lowest BCUT2D eigenvalue weighted by Crippen LogP contribution is -2.32. The van der Waals surface area contributed by atoms with Gasteiger partial charge in [-0.15, -0.1) is 0 Å². The van der Waals surface area contributed by atoms with Crippen LogP contribution in [-0.4, -0.2) is 38.7 Å². The predicted molar refractivity (Wildman–Crippen MR) is 77.6 cm³/mol. The Morgan fingerprint density at radius 1 is 1.29 bits per heavy atom. The predicted octanol–water partition coefficient (Wildman–Crippen LogP) is 0.963. The molecule has 1 rings (SSSR count). The van der Waals surface area contributed by atoms with Gasteiger partial charge in [-0.3, -0.25) is 4.79 Å². The highest BCUT2D eigenvalue weighted by Gasteiger charge is 2.27. The standard InChI is InChI=1S/C11H12Cl3N3O4/c1-20-3-2-16-5(18)4-21-11(19)9-6(12)8(15)7(13)10(14)17-9/h2-4H2,1H3,(H2,15,17)(H,16,18)/p+1. The molecule has 0 fully saturated rings. The molecule has 1 heterocycles. The molecule has 0 atom stereocenters. The molecule has 1 amide bonds. The lowest BCUT2D eigenvalue weighted by atomic mass is 10.3. The van der Waals surface area contributed by atoms with Gasteiger partial charge in [0.25, 0.3) is 11.1 Å². The number of ether oxygens (including phenoxy) is 2. The van der Waals surface area contributed by atoms with Crippen molar-refractivity contribution in [1.29, 1.82) is 0 Å². The SMILES string of the molecule is COCCNC(=O)COC(=O)c1[nH+]c(Cl)c(Cl)c(N)c1Cl. The van der Waals surface area contributed by atoms with Crippen molar-refractivity contribution in [2.45, 2.75) is 0 Å². The minimum atomic E-state index is -0.882. The molecular weight excluding hydrogens is 344 g/mol. The van der Waals surface area contributed by atoms with E-state index in [2.05, 4.69) is 10.3 Å². The number of rotatable bonds is 6. The molecular formula is C11H13Cl3N3O4+. The van der Waals surface area contributed by atoms with Crippen LogP contribution in [0.25, 0.3) is 0 Å². The maximum absolute atomic E-state index is 11.8. The summed E-state index contributed by atoms with van der Waals surface area (Å²) in [6, 6.07) is 0. The van der Waals surface area contributed by atoms with E-state index in [0.29, 0.717) is 13.2 Å². The molecule has 7 nitrogen and oxygen atoms in total. The fourth-order valence-corrected chi connectivity index (χ4v) is 1.86. The molecule has 0 saturated carbocycles. The van der Waals surface area contributed by atoms with Crippen molar-refractivity contribution in [3.05, 3.63) is 20.9 Å². The summed E-state index contributed by atoms with van der Waals surface area (Å²) in [5, 5.41) is 2.29. The highest BCUT2D eigenvalue weighted by atomic mass is 35.5. The average Bonchev–Trinajstić information content (AvgIpc) is 2.46. The molecule has 1 aromatic heterocycles. The Kier molecular flexibility index (Phi) is 6.97. The van der Waals surface area contributed by atoms with E-state index in [-0.39, 0.29) is 26.6 Å². The third kappa shape index (κ3) is 4.89. The molecule has 0 aliphatic carbocycles. The summed E-state index contributed by atoms with van der Waals surface area (Å²) in [6.07, 6.45) is 0. The van der Waals surface area contributed by atoms with E-state index in [0.717, 1.165) is 0 Å². The number of halogens is 3. The summed E-state index contributed by atoms with van der Waals surface area (Å²) in [5.41, 5.74) is 5.35. The number of anilines is 1. The van der Waals surface area contributed by atoms with Gasteiger partial charge in [-0.1, -0.05) is 23.2 Å². The Balaban J connectivity index is 2.67. The van der Waals surface area contributed by atoms with Crippen molar-refractivity contribution in [2.24, 2.45) is 0 Å². The summed E-state index contributed by atoms with van der Waals surface area (Å²) in [6.45, 7) is 0.176. The van der Waals surface area contributed by atoms with Gasteiger partial charge in [0.05, 0.1) is 12.3 Å². The van der Waals surface area contributed by atoms with Crippen LogP contribution in [-0.2, 0) is 14.3 Å². The van der Waals surface area contributed by atoms with E-state index in [4.69, 9.17) is 50.0 Å². The maximum Gasteiger partial charge on any atom is 0.405 e. The van der Waals surface area contributed by atoms with Crippen LogP contribution in [0.4, 0.5) is 5.69 Å². The van der Waals surface area contributed by atoms with Gasteiger partial charge in [-0.2, -0.15) is 4.98 Å². The van der Waals surface area contributed by atoms with E-state index >= 15 is 0 Å². The van der Waals surface area contributed by atoms with Crippen molar-refractivity contribution in [1.82, 2.24) is 5.32 Å². The van der Waals surface area contributed by atoms with Gasteiger partial charge in [-0.05, 0) is 11.6 Å². The van der Waals surface area contributed by atoms with Crippen LogP contribution in [0.1, 0.15) is 10.5 Å². The van der Waals surface area contributed by atoms with Crippen LogP contribution >= 0.6 is 34.8 Å². The van der Waals surface area contributed by atoms with Crippen molar-refractivity contribution in [3.8, 4) is 0 Å². The Morgan fingerprint density at radius 3 is 2.57 bits per heavy atom. The fourth-order valence-electron chi connectivity index (χ4n) is 1.26. The van der Waals surface area contributed by atoms with Crippen LogP contribution in [0, 0.1) is 0 Å². The first kappa shape index (κ1) is 17.8. The number of H-pyrrole nitrogens is 1. The smallest absolute Gasteiger partial charge is 0.405 e. The lowest BCUT2D eigenvalue weighted by molar-refractivity contribution is -0.380. The molecule has 0 aliphatic heterocycles. The van der Waals surface area contributed by atoms with E-state index in [1.165, 1.54) is 7.11 Å². The number of hydrogen-bond acceptors (Lipinski definition) is 5. The molecule has 0 unspecified atom stereocenters. The van der Waals surface area contributed by atoms with Gasteiger partial charge in [0.2, 0.25) is 0 Å². The molecule has 1 aromatic rings. The Hall–Kier alpha value is -1.28. The molecule has 21 heavy (non-hydrogen) atoms. The number of carbonyl (C=O) groups excluding carboxylic acids is 2. The van der Waals surface area contributed by atoms with Gasteiger partial charge in [0.15, 0.2) is 6.61 Å². The second-order valence-electron chi connectivity index (χ2n) is 3.77. The van der Waals surface area contributed by atoms with E-state index in [1.807, 2.05) is 0 Å². The third-order valence-corrected chi connectivity index (χ3v) is 3.45. The quantitative estimate of drug-likeness (QED) is 0.448. The topological polar surface area (TPSA) is 105 Å². The number of methoxy groups -OCH3 is 1. The van der Waals surface area contributed by atoms with Crippen LogP contribution in [0.15, 0.2) is 0 Å². The monoisotopic (exact) mass is 356 g/mol. The Morgan fingerprint density at radius 2 is 1.95 bits per heavy atom. The number of esters is 1. The van der Waals surface area contributed by atoms with Gasteiger partial charge >= 0.3 is 11.7 Å². The van der Waals surface area contributed by atoms with Crippen LogP contribution in [0.5, 0.6) is 0 Å². The molecule has 0 aliphatic rings. The highest BCUT2D eigenvalue weighted by Crippen LogP contribution is 2.32. The molecule has 0 saturated heterocycles. The number of pyridine rings is 1. The van der Waals surface area contributed by atoms with Gasteiger partial charge in [0, 0.05) is 13.7 Å². The second-order valence-corrected chi connectivity index (χ2v) is 4.91. The van der Waals surface area contributed by atoms with Crippen LogP contribution in [0.2, 0.25) is 15.2 Å². The minimum Gasteiger partial charge on any atom is -0.448 e. The number of hydrogen-bond donors (Lipinski definition) is 2. The van der Waals surface area contributed by atoms with Gasteiger partial charge < -0.3 is 20.5 Å². The van der Waals surface area contributed by atoms with E-state index in [1.54, 1.807) is 0 Å². The number of aromatic nitrogens is 1.